The lowest BCUT2D eigenvalue weighted by Crippen LogP contribution is -2.28. The van der Waals surface area contributed by atoms with E-state index in [1.54, 1.807) is 12.4 Å². The van der Waals surface area contributed by atoms with Crippen LogP contribution in [-0.2, 0) is 21.2 Å². The second kappa shape index (κ2) is 9.25. The highest BCUT2D eigenvalue weighted by Gasteiger charge is 2.09. The van der Waals surface area contributed by atoms with Crippen LogP contribution in [0.25, 0.3) is 0 Å². The first-order valence-electron chi connectivity index (χ1n) is 6.14. The van der Waals surface area contributed by atoms with Crippen LogP contribution in [0.15, 0.2) is 24.5 Å². The van der Waals surface area contributed by atoms with E-state index in [4.69, 9.17) is 16.3 Å². The van der Waals surface area contributed by atoms with Crippen molar-refractivity contribution in [1.29, 1.82) is 0 Å². The summed E-state index contributed by atoms with van der Waals surface area (Å²) in [5.74, 6) is 0.539. The fourth-order valence-corrected chi connectivity index (χ4v) is 2.65. The van der Waals surface area contributed by atoms with Crippen molar-refractivity contribution >= 4 is 21.6 Å². The van der Waals surface area contributed by atoms with Crippen LogP contribution < -0.4 is 4.72 Å². The minimum absolute atomic E-state index is 0.0829. The van der Waals surface area contributed by atoms with Gasteiger partial charge in [-0.3, -0.25) is 4.98 Å². The Balaban J connectivity index is 2.17. The first-order valence-corrected chi connectivity index (χ1v) is 8.33. The Morgan fingerprint density at radius 3 is 2.68 bits per heavy atom. The van der Waals surface area contributed by atoms with Gasteiger partial charge in [0.2, 0.25) is 10.0 Å². The number of halogens is 1. The van der Waals surface area contributed by atoms with Gasteiger partial charge in [0.1, 0.15) is 0 Å². The second-order valence-electron chi connectivity index (χ2n) is 3.97. The van der Waals surface area contributed by atoms with Crippen LogP contribution in [0.3, 0.4) is 0 Å². The third-order valence-electron chi connectivity index (χ3n) is 2.42. The summed E-state index contributed by atoms with van der Waals surface area (Å²) in [4.78, 5) is 3.89. The Hall–Kier alpha value is -0.690. The van der Waals surface area contributed by atoms with Crippen molar-refractivity contribution in [3.8, 4) is 0 Å². The van der Waals surface area contributed by atoms with E-state index < -0.39 is 10.0 Å². The molecule has 0 bridgehead atoms. The summed E-state index contributed by atoms with van der Waals surface area (Å²) in [5, 5.41) is 0. The summed E-state index contributed by atoms with van der Waals surface area (Å²) < 4.78 is 31.1. The molecule has 1 aromatic heterocycles. The molecule has 7 heteroatoms. The fraction of sp³-hybridized carbons (Fsp3) is 0.583. The molecule has 1 rings (SSSR count). The summed E-state index contributed by atoms with van der Waals surface area (Å²) in [6, 6.07) is 3.63. The zero-order chi connectivity index (χ0) is 14.0. The van der Waals surface area contributed by atoms with E-state index in [1.165, 1.54) is 0 Å². The maximum absolute atomic E-state index is 11.7. The van der Waals surface area contributed by atoms with E-state index >= 15 is 0 Å². The van der Waals surface area contributed by atoms with Gasteiger partial charge in [0.25, 0.3) is 0 Å². The molecule has 1 N–H and O–H groups in total. The van der Waals surface area contributed by atoms with Gasteiger partial charge < -0.3 is 4.74 Å². The molecule has 0 fully saturated rings. The van der Waals surface area contributed by atoms with Gasteiger partial charge in [-0.2, -0.15) is 0 Å². The van der Waals surface area contributed by atoms with Gasteiger partial charge in [0, 0.05) is 31.4 Å². The van der Waals surface area contributed by atoms with E-state index in [1.807, 2.05) is 12.1 Å². The lowest BCUT2D eigenvalue weighted by molar-refractivity contribution is 0.147. The Labute approximate surface area is 119 Å². The molecule has 0 saturated carbocycles. The zero-order valence-electron chi connectivity index (χ0n) is 10.7. The third-order valence-corrected chi connectivity index (χ3v) is 3.96. The van der Waals surface area contributed by atoms with Crippen LogP contribution in [-0.4, -0.2) is 44.8 Å². The highest BCUT2D eigenvalue weighted by Crippen LogP contribution is 1.99. The molecule has 0 aliphatic heterocycles. The average Bonchev–Trinajstić information content (AvgIpc) is 2.42. The molecule has 0 unspecified atom stereocenters. The molecule has 108 valence electrons. The molecule has 19 heavy (non-hydrogen) atoms. The molecule has 0 radical (unpaired) electrons. The maximum Gasteiger partial charge on any atom is 0.211 e. The zero-order valence-corrected chi connectivity index (χ0v) is 12.3. The number of nitrogens with one attached hydrogen (secondary N) is 1. The van der Waals surface area contributed by atoms with E-state index in [9.17, 15) is 8.42 Å². The minimum Gasteiger partial charge on any atom is -0.380 e. The van der Waals surface area contributed by atoms with Crippen molar-refractivity contribution < 1.29 is 13.2 Å². The Morgan fingerprint density at radius 2 is 2.00 bits per heavy atom. The van der Waals surface area contributed by atoms with Gasteiger partial charge in [0.05, 0.1) is 12.4 Å². The molecule has 5 nitrogen and oxygen atoms in total. The number of hydrogen-bond acceptors (Lipinski definition) is 4. The molecule has 0 atom stereocenters. The van der Waals surface area contributed by atoms with Gasteiger partial charge in [-0.05, 0) is 30.5 Å². The van der Waals surface area contributed by atoms with E-state index in [0.717, 1.165) is 5.56 Å². The maximum atomic E-state index is 11.7. The molecule has 0 saturated heterocycles. The summed E-state index contributed by atoms with van der Waals surface area (Å²) >= 11 is 5.45. The molecule has 1 aromatic rings. The Kier molecular flexibility index (Phi) is 7.97. The monoisotopic (exact) mass is 306 g/mol. The number of hydrogen-bond donors (Lipinski definition) is 1. The number of aryl methyl sites for hydroxylation is 1. The smallest absolute Gasteiger partial charge is 0.211 e. The largest absolute Gasteiger partial charge is 0.380 e. The predicted octanol–water partition coefficient (Wildman–Crippen LogP) is 1.19. The van der Waals surface area contributed by atoms with Crippen molar-refractivity contribution in [3.05, 3.63) is 30.1 Å². The minimum atomic E-state index is -3.22. The predicted molar refractivity (Wildman–Crippen MR) is 75.9 cm³/mol. The van der Waals surface area contributed by atoms with Gasteiger partial charge in [-0.25, -0.2) is 13.1 Å². The van der Waals surface area contributed by atoms with Gasteiger partial charge in [-0.15, -0.1) is 11.6 Å². The normalized spacial score (nSPS) is 11.6. The van der Waals surface area contributed by atoms with Crippen molar-refractivity contribution in [1.82, 2.24) is 9.71 Å². The number of pyridine rings is 1. The van der Waals surface area contributed by atoms with Crippen LogP contribution in [0.4, 0.5) is 0 Å². The quantitative estimate of drug-likeness (QED) is 0.521. The molecule has 0 amide bonds. The van der Waals surface area contributed by atoms with Crippen molar-refractivity contribution in [2.24, 2.45) is 0 Å². The topological polar surface area (TPSA) is 68.3 Å². The summed E-state index contributed by atoms with van der Waals surface area (Å²) in [6.45, 7) is 1.40. The second-order valence-corrected chi connectivity index (χ2v) is 6.28. The molecule has 0 aliphatic carbocycles. The molecule has 0 aliphatic rings. The standard InChI is InChI=1S/C12H19ClN2O3S/c13-5-10-18-9-1-6-15-19(16,17)11-4-12-2-7-14-8-3-12/h2-3,7-8,15H,1,4-6,9-11H2. The highest BCUT2D eigenvalue weighted by molar-refractivity contribution is 7.89. The summed E-state index contributed by atoms with van der Waals surface area (Å²) in [7, 11) is -3.22. The molecular formula is C12H19ClN2O3S. The first-order chi connectivity index (χ1) is 9.14. The lowest BCUT2D eigenvalue weighted by Gasteiger charge is -2.07. The summed E-state index contributed by atoms with van der Waals surface area (Å²) in [6.07, 6.45) is 4.44. The number of rotatable bonds is 10. The lowest BCUT2D eigenvalue weighted by atomic mass is 10.2. The first kappa shape index (κ1) is 16.4. The van der Waals surface area contributed by atoms with Gasteiger partial charge in [-0.1, -0.05) is 0 Å². The van der Waals surface area contributed by atoms with Gasteiger partial charge in [0.15, 0.2) is 0 Å². The molecule has 1 heterocycles. The Bertz CT molecular complexity index is 440. The SMILES string of the molecule is O=S(=O)(CCc1ccncc1)NCCCOCCCl. The van der Waals surface area contributed by atoms with E-state index in [0.29, 0.717) is 38.5 Å². The van der Waals surface area contributed by atoms with Crippen LogP contribution in [0.5, 0.6) is 0 Å². The van der Waals surface area contributed by atoms with Crippen LogP contribution in [0, 0.1) is 0 Å². The number of sulfonamides is 1. The average molecular weight is 307 g/mol. The third kappa shape index (κ3) is 8.15. The highest BCUT2D eigenvalue weighted by atomic mass is 35.5. The number of ether oxygens (including phenoxy) is 1. The number of nitrogens with zero attached hydrogens (tertiary/aromatic N) is 1. The number of alkyl halides is 1. The molecular weight excluding hydrogens is 288 g/mol. The van der Waals surface area contributed by atoms with Crippen LogP contribution in [0.2, 0.25) is 0 Å². The van der Waals surface area contributed by atoms with Crippen molar-refractivity contribution in [3.63, 3.8) is 0 Å². The fourth-order valence-electron chi connectivity index (χ4n) is 1.43. The van der Waals surface area contributed by atoms with Gasteiger partial charge >= 0.3 is 0 Å². The molecule has 0 aromatic carbocycles. The van der Waals surface area contributed by atoms with Crippen LogP contribution >= 0.6 is 11.6 Å². The number of aromatic nitrogens is 1. The molecule has 0 spiro atoms. The van der Waals surface area contributed by atoms with Crippen LogP contribution in [0.1, 0.15) is 12.0 Å². The Morgan fingerprint density at radius 1 is 1.26 bits per heavy atom. The van der Waals surface area contributed by atoms with E-state index in [-0.39, 0.29) is 5.75 Å². The summed E-state index contributed by atoms with van der Waals surface area (Å²) in [5.41, 5.74) is 0.964. The van der Waals surface area contributed by atoms with Crippen molar-refractivity contribution in [2.45, 2.75) is 12.8 Å². The van der Waals surface area contributed by atoms with E-state index in [2.05, 4.69) is 9.71 Å². The van der Waals surface area contributed by atoms with Crippen molar-refractivity contribution in [2.75, 3.05) is 31.4 Å².